The Morgan fingerprint density at radius 3 is 1.93 bits per heavy atom. The lowest BCUT2D eigenvalue weighted by molar-refractivity contribution is -0.128. The van der Waals surface area contributed by atoms with Crippen LogP contribution in [-0.4, -0.2) is 52.1 Å². The average Bonchev–Trinajstić information content (AvgIpc) is 3.12. The lowest BCUT2D eigenvalue weighted by Gasteiger charge is -2.26. The molecule has 2 aromatic rings. The number of amides is 1. The number of ether oxygens (including phenoxy) is 5. The molecule has 1 aliphatic heterocycles. The number of hydrogen-bond donors (Lipinski definition) is 0. The predicted molar refractivity (Wildman–Crippen MR) is 111 cm³/mol. The lowest BCUT2D eigenvalue weighted by Crippen LogP contribution is -2.27. The van der Waals surface area contributed by atoms with Crippen LogP contribution in [0.15, 0.2) is 30.3 Å². The van der Waals surface area contributed by atoms with Crippen LogP contribution in [-0.2, 0) is 11.3 Å². The fraction of sp³-hybridized carbons (Fsp3) is 0.381. The van der Waals surface area contributed by atoms with Crippen molar-refractivity contribution < 1.29 is 28.5 Å². The molecule has 0 saturated carbocycles. The van der Waals surface area contributed by atoms with Crippen LogP contribution in [0.4, 0.5) is 0 Å². The molecule has 0 radical (unpaired) electrons. The molecule has 29 heavy (non-hydrogen) atoms. The van der Waals surface area contributed by atoms with Gasteiger partial charge in [0.15, 0.2) is 11.5 Å². The van der Waals surface area contributed by atoms with E-state index in [1.165, 1.54) is 0 Å². The summed E-state index contributed by atoms with van der Waals surface area (Å²) >= 11 is 1.56. The molecule has 0 aromatic heterocycles. The van der Waals surface area contributed by atoms with Gasteiger partial charge in [-0.2, -0.15) is 0 Å². The molecule has 2 aromatic carbocycles. The number of carbonyl (C=O) groups is 1. The Balaban J connectivity index is 1.96. The number of methoxy groups -OCH3 is 5. The van der Waals surface area contributed by atoms with Crippen LogP contribution in [0.1, 0.15) is 16.5 Å². The van der Waals surface area contributed by atoms with E-state index in [2.05, 4.69) is 0 Å². The molecule has 1 heterocycles. The van der Waals surface area contributed by atoms with Crippen molar-refractivity contribution in [3.8, 4) is 28.7 Å². The molecule has 0 spiro atoms. The summed E-state index contributed by atoms with van der Waals surface area (Å²) in [6.45, 7) is 0.431. The van der Waals surface area contributed by atoms with Crippen LogP contribution in [0.3, 0.4) is 0 Å². The van der Waals surface area contributed by atoms with E-state index < -0.39 is 0 Å². The van der Waals surface area contributed by atoms with Crippen molar-refractivity contribution in [2.24, 2.45) is 0 Å². The minimum atomic E-state index is -0.173. The Bertz CT molecular complexity index is 840. The van der Waals surface area contributed by atoms with E-state index in [-0.39, 0.29) is 11.3 Å². The topological polar surface area (TPSA) is 66.5 Å². The second kappa shape index (κ2) is 9.17. The van der Waals surface area contributed by atoms with Gasteiger partial charge in [0.2, 0.25) is 11.7 Å². The van der Waals surface area contributed by atoms with Gasteiger partial charge in [-0.25, -0.2) is 0 Å². The number of benzene rings is 2. The van der Waals surface area contributed by atoms with Gasteiger partial charge < -0.3 is 28.6 Å². The van der Waals surface area contributed by atoms with Gasteiger partial charge in [0.25, 0.3) is 0 Å². The van der Waals surface area contributed by atoms with Gasteiger partial charge in [-0.1, -0.05) is 0 Å². The normalized spacial score (nSPS) is 16.0. The molecular formula is C21H25NO6S. The predicted octanol–water partition coefficient (Wildman–Crippen LogP) is 3.50. The number of rotatable bonds is 8. The molecule has 1 unspecified atom stereocenters. The van der Waals surface area contributed by atoms with Crippen molar-refractivity contribution in [1.29, 1.82) is 0 Å². The molecule has 156 valence electrons. The highest BCUT2D eigenvalue weighted by Gasteiger charge is 2.34. The maximum atomic E-state index is 12.7. The van der Waals surface area contributed by atoms with Crippen LogP contribution in [0.5, 0.6) is 28.7 Å². The van der Waals surface area contributed by atoms with E-state index in [9.17, 15) is 4.79 Å². The number of thioether (sulfide) groups is 1. The Morgan fingerprint density at radius 1 is 0.862 bits per heavy atom. The van der Waals surface area contributed by atoms with Crippen LogP contribution < -0.4 is 23.7 Å². The molecule has 1 saturated heterocycles. The van der Waals surface area contributed by atoms with E-state index >= 15 is 0 Å². The van der Waals surface area contributed by atoms with E-state index in [4.69, 9.17) is 23.7 Å². The maximum absolute atomic E-state index is 12.7. The minimum absolute atomic E-state index is 0.0653. The van der Waals surface area contributed by atoms with Gasteiger partial charge in [-0.3, -0.25) is 4.79 Å². The fourth-order valence-corrected chi connectivity index (χ4v) is 4.47. The summed E-state index contributed by atoms with van der Waals surface area (Å²) in [5.41, 5.74) is 1.83. The maximum Gasteiger partial charge on any atom is 0.234 e. The SMILES string of the molecule is COc1cc(CN2C(=O)CSC2c2cc(OC)c(OC)c(OC)c2)cc(OC)c1. The van der Waals surface area contributed by atoms with Gasteiger partial charge in [-0.05, 0) is 35.4 Å². The van der Waals surface area contributed by atoms with Gasteiger partial charge in [0.1, 0.15) is 16.9 Å². The average molecular weight is 419 g/mol. The molecule has 1 atom stereocenters. The third-order valence-corrected chi connectivity index (χ3v) is 5.96. The van der Waals surface area contributed by atoms with Crippen molar-refractivity contribution >= 4 is 17.7 Å². The summed E-state index contributed by atoms with van der Waals surface area (Å²) in [7, 11) is 7.93. The van der Waals surface area contributed by atoms with Gasteiger partial charge >= 0.3 is 0 Å². The zero-order valence-electron chi connectivity index (χ0n) is 17.2. The standard InChI is InChI=1S/C21H25NO6S/c1-24-15-6-13(7-16(10-15)25-2)11-22-19(23)12-29-21(22)14-8-17(26-3)20(28-5)18(9-14)27-4/h6-10,21H,11-12H2,1-5H3. The van der Waals surface area contributed by atoms with Crippen molar-refractivity contribution in [2.45, 2.75) is 11.9 Å². The second-order valence-corrected chi connectivity index (χ2v) is 7.43. The summed E-state index contributed by atoms with van der Waals surface area (Å²) in [5, 5.41) is -0.173. The third-order valence-electron chi connectivity index (χ3n) is 4.70. The summed E-state index contributed by atoms with van der Waals surface area (Å²) in [4.78, 5) is 14.5. The fourth-order valence-electron chi connectivity index (χ4n) is 3.30. The highest BCUT2D eigenvalue weighted by Crippen LogP contribution is 2.46. The first-order valence-corrected chi connectivity index (χ1v) is 10.0. The summed E-state index contributed by atoms with van der Waals surface area (Å²) < 4.78 is 27.0. The molecule has 7 nitrogen and oxygen atoms in total. The summed E-state index contributed by atoms with van der Waals surface area (Å²) in [5.74, 6) is 3.48. The first-order valence-electron chi connectivity index (χ1n) is 8.97. The van der Waals surface area contributed by atoms with Gasteiger partial charge in [0.05, 0.1) is 41.3 Å². The zero-order valence-corrected chi connectivity index (χ0v) is 18.0. The monoisotopic (exact) mass is 419 g/mol. The van der Waals surface area contributed by atoms with Crippen molar-refractivity contribution in [3.63, 3.8) is 0 Å². The highest BCUT2D eigenvalue weighted by molar-refractivity contribution is 8.00. The number of nitrogens with zero attached hydrogens (tertiary/aromatic N) is 1. The van der Waals surface area contributed by atoms with Crippen molar-refractivity contribution in [3.05, 3.63) is 41.5 Å². The highest BCUT2D eigenvalue weighted by atomic mass is 32.2. The first-order chi connectivity index (χ1) is 14.0. The second-order valence-electron chi connectivity index (χ2n) is 6.36. The molecule has 1 amide bonds. The van der Waals surface area contributed by atoms with Crippen LogP contribution in [0, 0.1) is 0 Å². The quantitative estimate of drug-likeness (QED) is 0.649. The first kappa shape index (κ1) is 21.0. The smallest absolute Gasteiger partial charge is 0.234 e. The number of hydrogen-bond acceptors (Lipinski definition) is 7. The molecule has 0 aliphatic carbocycles. The Hall–Kier alpha value is -2.74. The molecule has 3 rings (SSSR count). The van der Waals surface area contributed by atoms with E-state index in [1.807, 2.05) is 29.2 Å². The lowest BCUT2D eigenvalue weighted by atomic mass is 10.1. The van der Waals surface area contributed by atoms with Crippen LogP contribution in [0.2, 0.25) is 0 Å². The van der Waals surface area contributed by atoms with E-state index in [0.717, 1.165) is 11.1 Å². The van der Waals surface area contributed by atoms with E-state index in [1.54, 1.807) is 53.4 Å². The van der Waals surface area contributed by atoms with Gasteiger partial charge in [-0.15, -0.1) is 11.8 Å². The Kier molecular flexibility index (Phi) is 6.64. The third kappa shape index (κ3) is 4.32. The summed E-state index contributed by atoms with van der Waals surface area (Å²) in [6.07, 6.45) is 0. The Labute approximate surface area is 174 Å². The van der Waals surface area contributed by atoms with Crippen molar-refractivity contribution in [1.82, 2.24) is 4.90 Å². The molecule has 0 bridgehead atoms. The minimum Gasteiger partial charge on any atom is -0.497 e. The zero-order chi connectivity index (χ0) is 21.0. The molecule has 8 heteroatoms. The molecular weight excluding hydrogens is 394 g/mol. The molecule has 1 fully saturated rings. The Morgan fingerprint density at radius 2 is 1.45 bits per heavy atom. The van der Waals surface area contributed by atoms with Gasteiger partial charge in [0, 0.05) is 12.6 Å². The largest absolute Gasteiger partial charge is 0.497 e. The molecule has 1 aliphatic rings. The number of carbonyl (C=O) groups excluding carboxylic acids is 1. The van der Waals surface area contributed by atoms with Crippen molar-refractivity contribution in [2.75, 3.05) is 41.3 Å². The van der Waals surface area contributed by atoms with Crippen LogP contribution >= 0.6 is 11.8 Å². The van der Waals surface area contributed by atoms with Crippen LogP contribution in [0.25, 0.3) is 0 Å². The van der Waals surface area contributed by atoms with E-state index in [0.29, 0.717) is 41.0 Å². The summed E-state index contributed by atoms with van der Waals surface area (Å²) in [6, 6.07) is 9.39. The molecule has 0 N–H and O–H groups in total.